The second-order valence-electron chi connectivity index (χ2n) is 16.8. The molecule has 0 amide bonds. The first-order chi connectivity index (χ1) is 24.2. The van der Waals surface area contributed by atoms with Gasteiger partial charge in [-0.25, -0.2) is 0 Å². The number of rotatable bonds is 8. The Bertz CT molecular complexity index is 1360. The number of carbonyl (C=O) groups excluding carboxylic acids is 2. The first-order valence-electron chi connectivity index (χ1n) is 18.8. The first kappa shape index (κ1) is 37.9. The summed E-state index contributed by atoms with van der Waals surface area (Å²) in [4.78, 5) is 25.4. The van der Waals surface area contributed by atoms with Crippen LogP contribution in [0.4, 0.5) is 0 Å². The van der Waals surface area contributed by atoms with Gasteiger partial charge in [-0.1, -0.05) is 12.5 Å². The lowest BCUT2D eigenvalue weighted by Gasteiger charge is -2.65. The van der Waals surface area contributed by atoms with Crippen molar-refractivity contribution in [3.8, 4) is 0 Å². The van der Waals surface area contributed by atoms with E-state index >= 15 is 0 Å². The van der Waals surface area contributed by atoms with Crippen molar-refractivity contribution in [2.45, 2.75) is 163 Å². The van der Waals surface area contributed by atoms with Gasteiger partial charge in [0.2, 0.25) is 0 Å². The molecule has 2 heterocycles. The Hall–Kier alpha value is -1.40. The number of aliphatic hydroxyl groups excluding tert-OH is 5. The molecule has 2 aliphatic heterocycles. The minimum atomic E-state index is -1.65. The molecule has 18 atom stereocenters. The van der Waals surface area contributed by atoms with Gasteiger partial charge in [0.05, 0.1) is 35.4 Å². The van der Waals surface area contributed by atoms with Gasteiger partial charge in [-0.05, 0) is 88.5 Å². The number of fused-ring (bicyclic) bond motifs is 5. The first-order valence-corrected chi connectivity index (χ1v) is 18.8. The third-order valence-electron chi connectivity index (χ3n) is 14.6. The number of aliphatic hydroxyl groups is 7. The van der Waals surface area contributed by atoms with E-state index in [-0.39, 0.29) is 30.0 Å². The van der Waals surface area contributed by atoms with Crippen LogP contribution >= 0.6 is 0 Å². The molecule has 18 unspecified atom stereocenters. The fourth-order valence-electron chi connectivity index (χ4n) is 11.8. The zero-order valence-corrected chi connectivity index (χ0v) is 29.7. The molecule has 0 aromatic rings. The van der Waals surface area contributed by atoms with E-state index in [1.807, 2.05) is 0 Å². The third kappa shape index (κ3) is 5.74. The monoisotopic (exact) mass is 724 g/mol. The van der Waals surface area contributed by atoms with E-state index < -0.39 is 96.2 Å². The smallest absolute Gasteiger partial charge is 0.187 e. The Morgan fingerprint density at radius 1 is 0.863 bits per heavy atom. The lowest BCUT2D eigenvalue weighted by Crippen LogP contribution is -2.69. The number of methoxy groups -OCH3 is 1. The minimum Gasteiger partial charge on any atom is -0.394 e. The molecule has 288 valence electrons. The highest BCUT2D eigenvalue weighted by atomic mass is 16.7. The predicted molar refractivity (Wildman–Crippen MR) is 176 cm³/mol. The van der Waals surface area contributed by atoms with E-state index in [0.29, 0.717) is 51.4 Å². The molecule has 14 heteroatoms. The van der Waals surface area contributed by atoms with E-state index in [0.717, 1.165) is 24.7 Å². The molecule has 2 saturated heterocycles. The molecule has 51 heavy (non-hydrogen) atoms. The second kappa shape index (κ2) is 13.7. The van der Waals surface area contributed by atoms with Crippen molar-refractivity contribution in [2.24, 2.45) is 28.6 Å². The lowest BCUT2D eigenvalue weighted by atomic mass is 9.41. The van der Waals surface area contributed by atoms with E-state index in [2.05, 4.69) is 6.92 Å². The SMILES string of the molecule is COC1C(O)C(OC2CCC3(C=O)C4CCC5(C)C(C6=CC(=O)CC6)CCC5(O)C4CCC3(O)C2)OC(C)C1OC1OC(CO)C(O)C(O)C1O. The lowest BCUT2D eigenvalue weighted by molar-refractivity contribution is -0.363. The minimum absolute atomic E-state index is 0.134. The van der Waals surface area contributed by atoms with Gasteiger partial charge >= 0.3 is 0 Å². The zero-order valence-electron chi connectivity index (χ0n) is 29.7. The van der Waals surface area contributed by atoms with Crippen LogP contribution in [0.25, 0.3) is 0 Å². The summed E-state index contributed by atoms with van der Waals surface area (Å²) in [5.41, 5.74) is -2.71. The van der Waals surface area contributed by atoms with Crippen molar-refractivity contribution in [3.05, 3.63) is 11.6 Å². The topological polar surface area (TPSA) is 222 Å². The Kier molecular flexibility index (Phi) is 10.2. The Morgan fingerprint density at radius 3 is 2.25 bits per heavy atom. The Morgan fingerprint density at radius 2 is 1.59 bits per heavy atom. The number of aldehydes is 1. The Labute approximate surface area is 298 Å². The van der Waals surface area contributed by atoms with Crippen LogP contribution in [-0.4, -0.2) is 140 Å². The normalized spacial score (nSPS) is 54.3. The highest BCUT2D eigenvalue weighted by molar-refractivity contribution is 5.93. The fourth-order valence-corrected chi connectivity index (χ4v) is 11.8. The van der Waals surface area contributed by atoms with Gasteiger partial charge < -0.3 is 64.2 Å². The standard InChI is InChI=1S/C37H56O14/c1-18-30(51-32-28(43)27(42)26(41)25(16-38)50-32)31(47-3)29(44)33(48-18)49-21-6-11-35(17-39)23-7-10-34(2)22(19-4-5-20(40)14-19)9-13-37(34,46)24(23)8-12-36(35,45)15-21/h14,17-18,21-33,38,41-46H,4-13,15-16H2,1-3H3. The van der Waals surface area contributed by atoms with Crippen LogP contribution in [0.3, 0.4) is 0 Å². The molecule has 0 aromatic heterocycles. The molecule has 0 bridgehead atoms. The highest BCUT2D eigenvalue weighted by Gasteiger charge is 2.71. The molecular formula is C37H56O14. The van der Waals surface area contributed by atoms with Crippen molar-refractivity contribution in [2.75, 3.05) is 13.7 Å². The summed E-state index contributed by atoms with van der Waals surface area (Å²) in [7, 11) is 1.37. The molecule has 6 fully saturated rings. The maximum absolute atomic E-state index is 13.2. The second-order valence-corrected chi connectivity index (χ2v) is 16.8. The largest absolute Gasteiger partial charge is 0.394 e. The van der Waals surface area contributed by atoms with Gasteiger partial charge in [0.25, 0.3) is 0 Å². The zero-order chi connectivity index (χ0) is 36.7. The van der Waals surface area contributed by atoms with E-state index in [1.54, 1.807) is 13.0 Å². The number of hydrogen-bond acceptors (Lipinski definition) is 14. The number of ketones is 1. The van der Waals surface area contributed by atoms with Crippen molar-refractivity contribution < 1.29 is 69.0 Å². The van der Waals surface area contributed by atoms with Crippen LogP contribution in [0.2, 0.25) is 0 Å². The average molecular weight is 725 g/mol. The van der Waals surface area contributed by atoms with Crippen LogP contribution in [0.1, 0.15) is 84.5 Å². The van der Waals surface area contributed by atoms with Crippen molar-refractivity contribution in [1.82, 2.24) is 0 Å². The summed E-state index contributed by atoms with van der Waals surface area (Å²) in [6.45, 7) is 3.19. The van der Waals surface area contributed by atoms with Gasteiger partial charge in [-0.3, -0.25) is 4.79 Å². The number of allylic oxidation sites excluding steroid dienone is 2. The van der Waals surface area contributed by atoms with Gasteiger partial charge in [-0.2, -0.15) is 0 Å². The summed E-state index contributed by atoms with van der Waals surface area (Å²) in [6.07, 6.45) is -4.85. The van der Waals surface area contributed by atoms with E-state index in [1.165, 1.54) is 7.11 Å². The van der Waals surface area contributed by atoms with E-state index in [4.69, 9.17) is 23.7 Å². The van der Waals surface area contributed by atoms with Crippen molar-refractivity contribution in [3.63, 3.8) is 0 Å². The van der Waals surface area contributed by atoms with Crippen LogP contribution in [0.15, 0.2) is 11.6 Å². The van der Waals surface area contributed by atoms with Gasteiger partial charge in [-0.15, -0.1) is 0 Å². The van der Waals surface area contributed by atoms with Crippen LogP contribution < -0.4 is 0 Å². The molecular weight excluding hydrogens is 668 g/mol. The molecule has 0 aromatic carbocycles. The maximum atomic E-state index is 13.2. The summed E-state index contributed by atoms with van der Waals surface area (Å²) in [5, 5.41) is 76.8. The summed E-state index contributed by atoms with van der Waals surface area (Å²) in [6, 6.07) is 0. The van der Waals surface area contributed by atoms with Gasteiger partial charge in [0.15, 0.2) is 18.4 Å². The quantitative estimate of drug-likeness (QED) is 0.130. The predicted octanol–water partition coefficient (Wildman–Crippen LogP) is 0.0344. The fraction of sp³-hybridized carbons (Fsp3) is 0.892. The van der Waals surface area contributed by atoms with Gasteiger partial charge in [0, 0.05) is 25.4 Å². The third-order valence-corrected chi connectivity index (χ3v) is 14.6. The number of hydrogen-bond donors (Lipinski definition) is 7. The number of carbonyl (C=O) groups is 2. The van der Waals surface area contributed by atoms with Crippen LogP contribution in [0.5, 0.6) is 0 Å². The molecule has 14 nitrogen and oxygen atoms in total. The van der Waals surface area contributed by atoms with Crippen molar-refractivity contribution in [1.29, 1.82) is 0 Å². The van der Waals surface area contributed by atoms with Crippen LogP contribution in [-0.2, 0) is 33.3 Å². The number of ether oxygens (including phenoxy) is 5. The molecule has 0 radical (unpaired) electrons. The Balaban J connectivity index is 1.03. The van der Waals surface area contributed by atoms with E-state index in [9.17, 15) is 45.3 Å². The summed E-state index contributed by atoms with van der Waals surface area (Å²) >= 11 is 0. The molecule has 5 aliphatic carbocycles. The average Bonchev–Trinajstić information content (AvgIpc) is 3.65. The maximum Gasteiger partial charge on any atom is 0.187 e. The highest BCUT2D eigenvalue weighted by Crippen LogP contribution is 2.70. The van der Waals surface area contributed by atoms with Crippen LogP contribution in [0, 0.1) is 28.6 Å². The molecule has 0 spiro atoms. The van der Waals surface area contributed by atoms with Gasteiger partial charge in [0.1, 0.15) is 49.0 Å². The molecule has 4 saturated carbocycles. The summed E-state index contributed by atoms with van der Waals surface area (Å²) < 4.78 is 29.5. The molecule has 7 aliphatic rings. The summed E-state index contributed by atoms with van der Waals surface area (Å²) in [5.74, 6) is -0.0804. The van der Waals surface area contributed by atoms with Crippen molar-refractivity contribution >= 4 is 12.1 Å². The molecule has 7 rings (SSSR count). The molecule has 7 N–H and O–H groups in total.